The highest BCUT2D eigenvalue weighted by molar-refractivity contribution is 5.26. The Bertz CT molecular complexity index is 374. The van der Waals surface area contributed by atoms with E-state index in [9.17, 15) is 5.11 Å². The smallest absolute Gasteiger partial charge is 0.121 e. The maximum absolute atomic E-state index is 9.27. The van der Waals surface area contributed by atoms with Crippen LogP contribution in [0.4, 0.5) is 0 Å². The van der Waals surface area contributed by atoms with E-state index in [4.69, 9.17) is 8.22 Å². The molecule has 0 aromatic carbocycles. The summed E-state index contributed by atoms with van der Waals surface area (Å²) < 4.78 is 42.3. The molecular weight excluding hydrogens is 102 g/mol. The van der Waals surface area contributed by atoms with Crippen molar-refractivity contribution in [3.05, 3.63) is 24.0 Å². The van der Waals surface area contributed by atoms with Crippen molar-refractivity contribution in [3.63, 3.8) is 0 Å². The first-order valence-electron chi connectivity index (χ1n) is 4.92. The summed E-state index contributed by atoms with van der Waals surface area (Å²) in [4.78, 5) is 3.23. The van der Waals surface area contributed by atoms with Crippen molar-refractivity contribution in [1.82, 2.24) is 4.98 Å². The number of aromatic nitrogens is 1. The Morgan fingerprint density at radius 2 is 2.88 bits per heavy atom. The lowest BCUT2D eigenvalue weighted by Crippen LogP contribution is -1.73. The van der Waals surface area contributed by atoms with Gasteiger partial charge in [0, 0.05) is 22.0 Å². The largest absolute Gasteiger partial charge is 0.508 e. The van der Waals surface area contributed by atoms with Gasteiger partial charge in [-0.25, -0.2) is 0 Å². The van der Waals surface area contributed by atoms with Crippen LogP contribution in [0.5, 0.6) is 5.75 Å². The van der Waals surface area contributed by atoms with E-state index in [1.54, 1.807) is 0 Å². The van der Waals surface area contributed by atoms with Crippen LogP contribution >= 0.6 is 0 Å². The predicted molar refractivity (Wildman–Crippen MR) is 30.6 cm³/mol. The van der Waals surface area contributed by atoms with E-state index < -0.39 is 36.6 Å². The average Bonchev–Trinajstić information content (AvgIpc) is 1.97. The molecule has 0 aliphatic heterocycles. The summed E-state index contributed by atoms with van der Waals surface area (Å²) in [6, 6.07) is -0.674. The standard InChI is InChI=1S/C6H7NO/c1-5-4-7-3-2-6(5)8/h2-4H,1H3,(H,7,8)/i1D3,2D,3D,4D. The van der Waals surface area contributed by atoms with Gasteiger partial charge < -0.3 is 5.11 Å². The maximum Gasteiger partial charge on any atom is 0.121 e. The van der Waals surface area contributed by atoms with Gasteiger partial charge in [0.2, 0.25) is 0 Å². The average molecular weight is 115 g/mol. The lowest BCUT2D eigenvalue weighted by molar-refractivity contribution is 0.470. The van der Waals surface area contributed by atoms with E-state index >= 15 is 0 Å². The van der Waals surface area contributed by atoms with Gasteiger partial charge >= 0.3 is 0 Å². The summed E-state index contributed by atoms with van der Waals surface area (Å²) >= 11 is 0. The number of rotatable bonds is 0. The van der Waals surface area contributed by atoms with Crippen LogP contribution in [-0.2, 0) is 0 Å². The van der Waals surface area contributed by atoms with E-state index in [-0.39, 0.29) is 0 Å². The quantitative estimate of drug-likeness (QED) is 0.549. The molecule has 1 rings (SSSR count). The van der Waals surface area contributed by atoms with Gasteiger partial charge in [0.15, 0.2) is 0 Å². The Hall–Kier alpha value is -1.05. The lowest BCUT2D eigenvalue weighted by atomic mass is 10.3. The molecule has 0 amide bonds. The minimum Gasteiger partial charge on any atom is -0.508 e. The summed E-state index contributed by atoms with van der Waals surface area (Å²) in [5.41, 5.74) is -0.682. The van der Waals surface area contributed by atoms with Gasteiger partial charge in [-0.05, 0) is 12.9 Å². The Morgan fingerprint density at radius 1 is 2.00 bits per heavy atom. The lowest BCUT2D eigenvalue weighted by Gasteiger charge is -1.91. The third-order valence-corrected chi connectivity index (χ3v) is 0.635. The fourth-order valence-electron chi connectivity index (χ4n) is 0.280. The molecule has 2 heteroatoms. The number of nitrogens with zero attached hydrogens (tertiary/aromatic N) is 1. The second-order valence-electron chi connectivity index (χ2n) is 1.18. The topological polar surface area (TPSA) is 33.1 Å². The Labute approximate surface area is 56.2 Å². The minimum atomic E-state index is -2.70. The molecule has 1 N–H and O–H groups in total. The molecule has 0 aliphatic carbocycles. The number of hydrogen-bond acceptors (Lipinski definition) is 2. The van der Waals surface area contributed by atoms with E-state index in [0.717, 1.165) is 0 Å². The molecule has 0 spiro atoms. The molecule has 1 aromatic rings. The number of hydrogen-bond donors (Lipinski definition) is 1. The first kappa shape index (κ1) is 1.47. The third-order valence-electron chi connectivity index (χ3n) is 0.635. The van der Waals surface area contributed by atoms with Crippen LogP contribution < -0.4 is 0 Å². The van der Waals surface area contributed by atoms with Crippen LogP contribution in [0.2, 0.25) is 0 Å². The van der Waals surface area contributed by atoms with Gasteiger partial charge in [-0.1, -0.05) is 0 Å². The highest BCUT2D eigenvalue weighted by atomic mass is 16.3. The van der Waals surface area contributed by atoms with E-state index in [1.165, 1.54) is 0 Å². The van der Waals surface area contributed by atoms with Crippen LogP contribution in [0, 0.1) is 6.85 Å². The van der Waals surface area contributed by atoms with Gasteiger partial charge in [-0.2, -0.15) is 0 Å². The molecule has 0 saturated carbocycles. The van der Waals surface area contributed by atoms with Crippen molar-refractivity contribution in [2.24, 2.45) is 0 Å². The van der Waals surface area contributed by atoms with Crippen molar-refractivity contribution < 1.29 is 13.3 Å². The van der Waals surface area contributed by atoms with Crippen molar-refractivity contribution >= 4 is 0 Å². The summed E-state index contributed by atoms with van der Waals surface area (Å²) in [5, 5.41) is 9.27. The Balaban J connectivity index is 3.53. The number of aromatic hydroxyl groups is 1. The SMILES string of the molecule is [2H]c1nc([2H])c(C([2H])([2H])[2H])c(O)c1[2H]. The molecule has 8 heavy (non-hydrogen) atoms. The van der Waals surface area contributed by atoms with Gasteiger partial charge in [0.1, 0.15) is 5.75 Å². The second-order valence-corrected chi connectivity index (χ2v) is 1.18. The van der Waals surface area contributed by atoms with Crippen molar-refractivity contribution in [2.45, 2.75) is 6.85 Å². The highest BCUT2D eigenvalue weighted by Crippen LogP contribution is 2.10. The van der Waals surface area contributed by atoms with Crippen molar-refractivity contribution in [1.29, 1.82) is 0 Å². The maximum atomic E-state index is 9.27. The van der Waals surface area contributed by atoms with Gasteiger partial charge in [0.05, 0.1) is 4.11 Å². The molecule has 1 heterocycles. The molecule has 0 fully saturated rings. The monoisotopic (exact) mass is 115 g/mol. The van der Waals surface area contributed by atoms with Crippen LogP contribution in [-0.4, -0.2) is 10.1 Å². The molecule has 0 aliphatic rings. The summed E-state index contributed by atoms with van der Waals surface area (Å²) in [7, 11) is 0. The van der Waals surface area contributed by atoms with Crippen molar-refractivity contribution in [2.75, 3.05) is 0 Å². The molecule has 0 saturated heterocycles. The normalized spacial score (nSPS) is 21.5. The molecule has 2 nitrogen and oxygen atoms in total. The van der Waals surface area contributed by atoms with Crippen LogP contribution in [0.1, 0.15) is 13.8 Å². The molecule has 1 aromatic heterocycles. The molecule has 0 radical (unpaired) electrons. The Morgan fingerprint density at radius 3 is 3.62 bits per heavy atom. The summed E-state index contributed by atoms with van der Waals surface area (Å²) in [6.07, 6.45) is -1.30. The number of pyridine rings is 1. The van der Waals surface area contributed by atoms with Gasteiger partial charge in [-0.15, -0.1) is 0 Å². The highest BCUT2D eigenvalue weighted by Gasteiger charge is 1.88. The fourth-order valence-corrected chi connectivity index (χ4v) is 0.280. The van der Waals surface area contributed by atoms with Crippen molar-refractivity contribution in [3.8, 4) is 5.75 Å². The van der Waals surface area contributed by atoms with Crippen LogP contribution in [0.15, 0.2) is 18.4 Å². The molecule has 0 bridgehead atoms. The summed E-state index contributed by atoms with van der Waals surface area (Å²) in [5.74, 6) is -0.866. The van der Waals surface area contributed by atoms with E-state index in [2.05, 4.69) is 4.98 Å². The molecule has 0 atom stereocenters. The third kappa shape index (κ3) is 0.780. The minimum absolute atomic E-state index is 0.611. The summed E-state index contributed by atoms with van der Waals surface area (Å²) in [6.45, 7) is -2.70. The first-order chi connectivity index (χ1) is 6.25. The zero-order valence-electron chi connectivity index (χ0n) is 9.89. The van der Waals surface area contributed by atoms with Gasteiger partial charge in [0.25, 0.3) is 0 Å². The zero-order valence-corrected chi connectivity index (χ0v) is 3.89. The van der Waals surface area contributed by atoms with Crippen LogP contribution in [0.25, 0.3) is 0 Å². The fraction of sp³-hybridized carbons (Fsp3) is 0.167. The predicted octanol–water partition coefficient (Wildman–Crippen LogP) is 1.10. The van der Waals surface area contributed by atoms with E-state index in [0.29, 0.717) is 0 Å². The first-order valence-corrected chi connectivity index (χ1v) is 1.92. The molecule has 0 unspecified atom stereocenters. The van der Waals surface area contributed by atoms with Gasteiger partial charge in [-0.3, -0.25) is 4.98 Å². The van der Waals surface area contributed by atoms with E-state index in [1.807, 2.05) is 0 Å². The Kier molecular flexibility index (Phi) is 0.334. The van der Waals surface area contributed by atoms with Crippen LogP contribution in [0.3, 0.4) is 0 Å². The molecular formula is C6H7NO. The second kappa shape index (κ2) is 1.82. The molecule has 42 valence electrons. The zero-order chi connectivity index (χ0) is 11.1.